The van der Waals surface area contributed by atoms with Gasteiger partial charge >= 0.3 is 0 Å². The van der Waals surface area contributed by atoms with Crippen LogP contribution in [-0.2, 0) is 4.79 Å². The van der Waals surface area contributed by atoms with Crippen LogP contribution in [0.3, 0.4) is 0 Å². The quantitative estimate of drug-likeness (QED) is 0.595. The molecule has 7 nitrogen and oxygen atoms in total. The first-order valence-corrected chi connectivity index (χ1v) is 5.60. The van der Waals surface area contributed by atoms with Gasteiger partial charge in [0.15, 0.2) is 5.69 Å². The van der Waals surface area contributed by atoms with Crippen LogP contribution in [0.4, 0.5) is 5.69 Å². The van der Waals surface area contributed by atoms with Gasteiger partial charge in [-0.25, -0.2) is 0 Å². The van der Waals surface area contributed by atoms with Gasteiger partial charge in [-0.1, -0.05) is 0 Å². The molecule has 1 aromatic rings. The molecule has 0 radical (unpaired) electrons. The van der Waals surface area contributed by atoms with Crippen molar-refractivity contribution < 1.29 is 9.59 Å². The largest absolute Gasteiger partial charge is 0.395 e. The number of nitrogens with one attached hydrogen (secondary N) is 3. The number of H-pyrrole nitrogens is 1. The summed E-state index contributed by atoms with van der Waals surface area (Å²) >= 11 is 0. The third-order valence-corrected chi connectivity index (χ3v) is 2.74. The number of carbonyl (C=O) groups is 2. The molecule has 0 aromatic carbocycles. The number of hydrogen-bond acceptors (Lipinski definition) is 4. The van der Waals surface area contributed by atoms with E-state index in [0.717, 1.165) is 0 Å². The van der Waals surface area contributed by atoms with E-state index in [0.29, 0.717) is 11.4 Å². The van der Waals surface area contributed by atoms with Gasteiger partial charge in [-0.15, -0.1) is 0 Å². The van der Waals surface area contributed by atoms with Crippen LogP contribution >= 0.6 is 0 Å². The Morgan fingerprint density at radius 1 is 1.44 bits per heavy atom. The summed E-state index contributed by atoms with van der Waals surface area (Å²) in [6.45, 7) is 5.42. The average molecular weight is 253 g/mol. The zero-order valence-corrected chi connectivity index (χ0v) is 11.0. The second-order valence-corrected chi connectivity index (χ2v) is 4.76. The van der Waals surface area contributed by atoms with Gasteiger partial charge in [0.2, 0.25) is 5.91 Å². The molecular formula is C11H19N5O2. The predicted octanol–water partition coefficient (Wildman–Crippen LogP) is -0.198. The molecule has 18 heavy (non-hydrogen) atoms. The zero-order chi connectivity index (χ0) is 13.9. The van der Waals surface area contributed by atoms with Crippen LogP contribution in [0.5, 0.6) is 0 Å². The Morgan fingerprint density at radius 3 is 2.50 bits per heavy atom. The van der Waals surface area contributed by atoms with Crippen molar-refractivity contribution in [2.75, 3.05) is 19.3 Å². The Bertz CT molecular complexity index is 464. The predicted molar refractivity (Wildman–Crippen MR) is 67.9 cm³/mol. The maximum atomic E-state index is 11.8. The summed E-state index contributed by atoms with van der Waals surface area (Å²) in [7, 11) is 1.56. The molecule has 0 spiro atoms. The molecule has 0 aliphatic carbocycles. The highest BCUT2D eigenvalue weighted by Gasteiger charge is 2.28. The molecular weight excluding hydrogens is 234 g/mol. The van der Waals surface area contributed by atoms with Crippen molar-refractivity contribution in [3.63, 3.8) is 0 Å². The fourth-order valence-corrected chi connectivity index (χ4v) is 1.41. The van der Waals surface area contributed by atoms with Crippen LogP contribution in [0.1, 0.15) is 30.0 Å². The minimum absolute atomic E-state index is 0.144. The maximum Gasteiger partial charge on any atom is 0.273 e. The van der Waals surface area contributed by atoms with Crippen LogP contribution in [0.15, 0.2) is 0 Å². The van der Waals surface area contributed by atoms with Crippen molar-refractivity contribution >= 4 is 17.5 Å². The summed E-state index contributed by atoms with van der Waals surface area (Å²) in [5, 5.41) is 11.6. The van der Waals surface area contributed by atoms with Crippen molar-refractivity contribution in [2.45, 2.75) is 20.8 Å². The number of aromatic amines is 1. The van der Waals surface area contributed by atoms with Gasteiger partial charge in [0, 0.05) is 13.6 Å². The third kappa shape index (κ3) is 2.79. The van der Waals surface area contributed by atoms with E-state index in [2.05, 4.69) is 20.8 Å². The Kier molecular flexibility index (Phi) is 3.95. The fraction of sp³-hybridized carbons (Fsp3) is 0.545. The molecule has 0 saturated heterocycles. The van der Waals surface area contributed by atoms with Crippen LogP contribution in [0.25, 0.3) is 0 Å². The molecule has 1 rings (SSSR count). The molecule has 0 unspecified atom stereocenters. The molecule has 1 heterocycles. The number of nitrogens with zero attached hydrogens (tertiary/aromatic N) is 1. The van der Waals surface area contributed by atoms with Crippen LogP contribution in [0.2, 0.25) is 0 Å². The highest BCUT2D eigenvalue weighted by Crippen LogP contribution is 2.15. The number of aryl methyl sites for hydroxylation is 1. The van der Waals surface area contributed by atoms with Gasteiger partial charge in [0.1, 0.15) is 0 Å². The normalized spacial score (nSPS) is 11.1. The van der Waals surface area contributed by atoms with Gasteiger partial charge < -0.3 is 16.4 Å². The maximum absolute atomic E-state index is 11.8. The van der Waals surface area contributed by atoms with E-state index in [9.17, 15) is 9.59 Å². The molecule has 0 aliphatic rings. The van der Waals surface area contributed by atoms with Gasteiger partial charge in [-0.05, 0) is 20.8 Å². The molecule has 0 bridgehead atoms. The van der Waals surface area contributed by atoms with Crippen LogP contribution < -0.4 is 16.4 Å². The lowest BCUT2D eigenvalue weighted by molar-refractivity contribution is -0.128. The van der Waals surface area contributed by atoms with Gasteiger partial charge in [0.25, 0.3) is 5.91 Å². The second kappa shape index (κ2) is 5.07. The molecule has 0 fully saturated rings. The average Bonchev–Trinajstić information content (AvgIpc) is 2.66. The number of anilines is 1. The number of nitrogen functional groups attached to an aromatic ring is 1. The first kappa shape index (κ1) is 14.0. The second-order valence-electron chi connectivity index (χ2n) is 4.76. The molecule has 7 heteroatoms. The summed E-state index contributed by atoms with van der Waals surface area (Å²) in [4.78, 5) is 23.4. The van der Waals surface area contributed by atoms with E-state index in [-0.39, 0.29) is 18.1 Å². The number of nitrogens with two attached hydrogens (primary N) is 1. The summed E-state index contributed by atoms with van der Waals surface area (Å²) in [6.07, 6.45) is 0. The Balaban J connectivity index is 2.67. The highest BCUT2D eigenvalue weighted by molar-refractivity contribution is 5.97. The van der Waals surface area contributed by atoms with E-state index in [1.165, 1.54) is 0 Å². The minimum Gasteiger partial charge on any atom is -0.395 e. The summed E-state index contributed by atoms with van der Waals surface area (Å²) in [5.74, 6) is -0.539. The third-order valence-electron chi connectivity index (χ3n) is 2.74. The molecule has 1 aromatic heterocycles. The Morgan fingerprint density at radius 2 is 2.06 bits per heavy atom. The summed E-state index contributed by atoms with van der Waals surface area (Å²) < 4.78 is 0. The lowest BCUT2D eigenvalue weighted by atomic mass is 9.92. The molecule has 0 saturated carbocycles. The summed E-state index contributed by atoms with van der Waals surface area (Å²) in [6, 6.07) is 0. The first-order chi connectivity index (χ1) is 8.29. The van der Waals surface area contributed by atoms with E-state index < -0.39 is 11.3 Å². The summed E-state index contributed by atoms with van der Waals surface area (Å²) in [5.41, 5.74) is 6.13. The highest BCUT2D eigenvalue weighted by atomic mass is 16.2. The molecule has 0 atom stereocenters. The van der Waals surface area contributed by atoms with E-state index in [1.54, 1.807) is 27.8 Å². The SMILES string of the molecule is CNC(=O)C(C)(C)CNC(=O)c1n[nH]c(C)c1N. The van der Waals surface area contributed by atoms with E-state index in [1.807, 2.05) is 0 Å². The zero-order valence-electron chi connectivity index (χ0n) is 11.0. The monoisotopic (exact) mass is 253 g/mol. The Labute approximate surface area is 106 Å². The van der Waals surface area contributed by atoms with Gasteiger partial charge in [0.05, 0.1) is 16.8 Å². The van der Waals surface area contributed by atoms with Crippen LogP contribution in [0, 0.1) is 12.3 Å². The number of hydrogen-bond donors (Lipinski definition) is 4. The molecule has 0 aliphatic heterocycles. The molecule has 100 valence electrons. The molecule has 5 N–H and O–H groups in total. The number of amides is 2. The number of aromatic nitrogens is 2. The van der Waals surface area contributed by atoms with Crippen molar-refractivity contribution in [3.8, 4) is 0 Å². The lowest BCUT2D eigenvalue weighted by Crippen LogP contribution is -2.43. The van der Waals surface area contributed by atoms with Gasteiger partial charge in [-0.2, -0.15) is 5.10 Å². The number of rotatable bonds is 4. The van der Waals surface area contributed by atoms with Crippen molar-refractivity contribution in [1.29, 1.82) is 0 Å². The van der Waals surface area contributed by atoms with Crippen molar-refractivity contribution in [3.05, 3.63) is 11.4 Å². The lowest BCUT2D eigenvalue weighted by Gasteiger charge is -2.22. The fourth-order valence-electron chi connectivity index (χ4n) is 1.41. The standard InChI is InChI=1S/C11H19N5O2/c1-6-7(12)8(16-15-6)9(17)14-5-11(2,3)10(18)13-4/h5,12H2,1-4H3,(H,13,18)(H,14,17)(H,15,16). The van der Waals surface area contributed by atoms with Gasteiger partial charge in [-0.3, -0.25) is 14.7 Å². The smallest absolute Gasteiger partial charge is 0.273 e. The van der Waals surface area contributed by atoms with E-state index >= 15 is 0 Å². The Hall–Kier alpha value is -2.05. The molecule has 2 amide bonds. The minimum atomic E-state index is -0.690. The van der Waals surface area contributed by atoms with Crippen molar-refractivity contribution in [2.24, 2.45) is 5.41 Å². The topological polar surface area (TPSA) is 113 Å². The number of carbonyl (C=O) groups excluding carboxylic acids is 2. The van der Waals surface area contributed by atoms with E-state index in [4.69, 9.17) is 5.73 Å². The first-order valence-electron chi connectivity index (χ1n) is 5.60. The van der Waals surface area contributed by atoms with Crippen LogP contribution in [-0.4, -0.2) is 35.6 Å². The van der Waals surface area contributed by atoms with Crippen molar-refractivity contribution in [1.82, 2.24) is 20.8 Å².